The molecule has 0 heterocycles. The van der Waals surface area contributed by atoms with Gasteiger partial charge in [0, 0.05) is 36.5 Å². The molecule has 0 N–H and O–H groups in total. The summed E-state index contributed by atoms with van der Waals surface area (Å²) in [6, 6.07) is 5.22. The second-order valence-corrected chi connectivity index (χ2v) is 10.6. The van der Waals surface area contributed by atoms with Gasteiger partial charge in [0.1, 0.15) is 63.7 Å². The van der Waals surface area contributed by atoms with Gasteiger partial charge in [0.2, 0.25) is 0 Å². The first-order valence-corrected chi connectivity index (χ1v) is 14.9. The van der Waals surface area contributed by atoms with Crippen molar-refractivity contribution < 1.29 is 76.3 Å². The summed E-state index contributed by atoms with van der Waals surface area (Å²) in [4.78, 5) is 98.2. The van der Waals surface area contributed by atoms with Crippen LogP contribution in [-0.2, 0) is 66.7 Å². The van der Waals surface area contributed by atoms with E-state index in [4.69, 9.17) is 37.9 Å². The first-order valence-electron chi connectivity index (χ1n) is 14.9. The fourth-order valence-corrected chi connectivity index (χ4v) is 3.63. The van der Waals surface area contributed by atoms with Gasteiger partial charge in [-0.3, -0.25) is 0 Å². The lowest BCUT2D eigenvalue weighted by molar-refractivity contribution is -0.161. The van der Waals surface area contributed by atoms with Gasteiger partial charge in [-0.2, -0.15) is 0 Å². The van der Waals surface area contributed by atoms with Gasteiger partial charge in [0.25, 0.3) is 0 Å². The zero-order valence-electron chi connectivity index (χ0n) is 28.2. The molecule has 0 unspecified atom stereocenters. The number of rotatable bonds is 24. The zero-order valence-corrected chi connectivity index (χ0v) is 28.2. The van der Waals surface area contributed by atoms with E-state index in [9.17, 15) is 38.4 Å². The average molecular weight is 727 g/mol. The summed E-state index contributed by atoms with van der Waals surface area (Å²) in [7, 11) is 0. The minimum absolute atomic E-state index is 0.337. The molecule has 0 saturated heterocycles. The number of esters is 8. The number of hydrogen-bond acceptors (Lipinski definition) is 16. The van der Waals surface area contributed by atoms with E-state index >= 15 is 0 Å². The smallest absolute Gasteiger partial charge is 0.339 e. The highest BCUT2D eigenvalue weighted by atomic mass is 16.6. The Balaban J connectivity index is 3.43. The van der Waals surface area contributed by atoms with Crippen molar-refractivity contribution in [3.8, 4) is 0 Å². The van der Waals surface area contributed by atoms with Crippen molar-refractivity contribution in [2.45, 2.75) is 0 Å². The quantitative estimate of drug-likeness (QED) is 0.0850. The van der Waals surface area contributed by atoms with E-state index in [0.717, 1.165) is 36.5 Å². The minimum Gasteiger partial charge on any atom is -0.462 e. The summed E-state index contributed by atoms with van der Waals surface area (Å²) >= 11 is 0. The summed E-state index contributed by atoms with van der Waals surface area (Å²) in [6.45, 7) is 14.8. The van der Waals surface area contributed by atoms with Crippen LogP contribution in [0.15, 0.2) is 100 Å². The Morgan fingerprint density at radius 2 is 0.577 bits per heavy atom. The Morgan fingerprint density at radius 3 is 0.769 bits per heavy atom. The van der Waals surface area contributed by atoms with Gasteiger partial charge >= 0.3 is 47.8 Å². The van der Waals surface area contributed by atoms with Crippen LogP contribution >= 0.6 is 0 Å². The lowest BCUT2D eigenvalue weighted by Gasteiger charge is -2.31. The summed E-state index contributed by atoms with van der Waals surface area (Å²) in [5.74, 6) is -7.65. The molecule has 0 saturated carbocycles. The minimum atomic E-state index is -1.67. The molecule has 0 aliphatic carbocycles. The molecular formula is C36H38O16. The monoisotopic (exact) mass is 726 g/mol. The van der Waals surface area contributed by atoms with Crippen molar-refractivity contribution in [3.05, 3.63) is 111 Å². The van der Waals surface area contributed by atoms with Crippen molar-refractivity contribution in [1.82, 2.24) is 0 Å². The van der Waals surface area contributed by atoms with Gasteiger partial charge in [0.05, 0.1) is 11.1 Å². The molecule has 0 fully saturated rings. The molecule has 16 nitrogen and oxygen atoms in total. The highest BCUT2D eigenvalue weighted by molar-refractivity contribution is 6.03. The predicted octanol–water partition coefficient (Wildman–Crippen LogP) is 2.35. The fourth-order valence-electron chi connectivity index (χ4n) is 3.63. The third kappa shape index (κ3) is 14.9. The normalized spacial score (nSPS) is 10.5. The molecule has 0 aliphatic heterocycles. The van der Waals surface area contributed by atoms with Gasteiger partial charge in [0.15, 0.2) is 0 Å². The van der Waals surface area contributed by atoms with Crippen molar-refractivity contribution in [1.29, 1.82) is 0 Å². The maximum absolute atomic E-state index is 13.4. The molecule has 0 aliphatic rings. The number of benzene rings is 1. The Kier molecular flexibility index (Phi) is 18.5. The van der Waals surface area contributed by atoms with Crippen LogP contribution in [0.4, 0.5) is 0 Å². The first kappa shape index (κ1) is 43.4. The maximum Gasteiger partial charge on any atom is 0.339 e. The van der Waals surface area contributed by atoms with Crippen LogP contribution < -0.4 is 0 Å². The molecule has 0 amide bonds. The number of carbonyl (C=O) groups is 8. The maximum atomic E-state index is 13.4. The molecule has 0 atom stereocenters. The molecule has 1 rings (SSSR count). The number of hydrogen-bond donors (Lipinski definition) is 0. The van der Waals surface area contributed by atoms with Gasteiger partial charge in [-0.25, -0.2) is 38.4 Å². The largest absolute Gasteiger partial charge is 0.462 e. The fraction of sp³-hybridized carbons (Fsp3) is 0.278. The molecule has 52 heavy (non-hydrogen) atoms. The van der Waals surface area contributed by atoms with Gasteiger partial charge < -0.3 is 37.9 Å². The van der Waals surface area contributed by atoms with E-state index in [2.05, 4.69) is 39.5 Å². The lowest BCUT2D eigenvalue weighted by Crippen LogP contribution is -2.44. The van der Waals surface area contributed by atoms with Crippen LogP contribution in [0.1, 0.15) is 20.7 Å². The van der Waals surface area contributed by atoms with Crippen LogP contribution in [0.3, 0.4) is 0 Å². The van der Waals surface area contributed by atoms with Crippen LogP contribution in [0, 0.1) is 10.8 Å². The van der Waals surface area contributed by atoms with E-state index < -0.39 is 111 Å². The first-order chi connectivity index (χ1) is 24.7. The Labute approximate surface area is 298 Å². The molecule has 1 aromatic carbocycles. The van der Waals surface area contributed by atoms with E-state index in [1.807, 2.05) is 0 Å². The molecule has 278 valence electrons. The topological polar surface area (TPSA) is 210 Å². The van der Waals surface area contributed by atoms with E-state index in [0.29, 0.717) is 0 Å². The lowest BCUT2D eigenvalue weighted by atomic mass is 9.92. The molecule has 0 spiro atoms. The molecule has 0 radical (unpaired) electrons. The summed E-state index contributed by atoms with van der Waals surface area (Å²) < 4.78 is 41.6. The Morgan fingerprint density at radius 1 is 0.385 bits per heavy atom. The molecule has 0 bridgehead atoms. The summed E-state index contributed by atoms with van der Waals surface area (Å²) in [6.07, 6.45) is 5.05. The molecule has 1 aromatic rings. The van der Waals surface area contributed by atoms with E-state index in [-0.39, 0.29) is 11.1 Å². The van der Waals surface area contributed by atoms with Crippen LogP contribution in [-0.4, -0.2) is 101 Å². The highest BCUT2D eigenvalue weighted by Crippen LogP contribution is 2.25. The second kappa shape index (κ2) is 22.2. The average Bonchev–Trinajstić information content (AvgIpc) is 3.18. The van der Waals surface area contributed by atoms with Crippen molar-refractivity contribution in [2.24, 2.45) is 10.8 Å². The van der Waals surface area contributed by atoms with Crippen LogP contribution in [0.5, 0.6) is 0 Å². The SMILES string of the molecule is C=CC(=O)OCC(COC(=O)C=C)(COC(=O)C=C)COC(=O)c1ccccc1C(=O)OCC(COC(=O)C=C)(COC(=O)C=C)COC(=O)C=C. The van der Waals surface area contributed by atoms with Crippen LogP contribution in [0.25, 0.3) is 0 Å². The van der Waals surface area contributed by atoms with Gasteiger partial charge in [-0.1, -0.05) is 51.6 Å². The summed E-state index contributed by atoms with van der Waals surface area (Å²) in [5.41, 5.74) is -4.02. The van der Waals surface area contributed by atoms with Crippen LogP contribution in [0.2, 0.25) is 0 Å². The predicted molar refractivity (Wildman–Crippen MR) is 179 cm³/mol. The van der Waals surface area contributed by atoms with Crippen molar-refractivity contribution in [3.63, 3.8) is 0 Å². The molecular weight excluding hydrogens is 688 g/mol. The highest BCUT2D eigenvalue weighted by Gasteiger charge is 2.39. The Hall–Kier alpha value is -6.58. The molecule has 0 aromatic heterocycles. The van der Waals surface area contributed by atoms with Crippen molar-refractivity contribution >= 4 is 47.8 Å². The Bertz CT molecular complexity index is 1330. The van der Waals surface area contributed by atoms with E-state index in [1.165, 1.54) is 24.3 Å². The van der Waals surface area contributed by atoms with E-state index in [1.54, 1.807) is 0 Å². The standard InChI is InChI=1S/C36H38O16/c1-7-27(37)45-17-35(18-46-28(38)8-2,19-47-29(39)9-3)23-51-33(43)25-15-13-14-16-26(25)34(44)52-24-36(20-48-30(40)10-4,21-49-31(41)11-5)22-50-32(42)12-6/h7-16H,1-6,17-24H2. The third-order valence-corrected chi connectivity index (χ3v) is 6.51. The van der Waals surface area contributed by atoms with Gasteiger partial charge in [-0.05, 0) is 12.1 Å². The second-order valence-electron chi connectivity index (χ2n) is 10.6. The van der Waals surface area contributed by atoms with Gasteiger partial charge in [-0.15, -0.1) is 0 Å². The molecule has 16 heteroatoms. The number of carbonyl (C=O) groups excluding carboxylic acids is 8. The summed E-state index contributed by atoms with van der Waals surface area (Å²) in [5, 5.41) is 0. The number of ether oxygens (including phenoxy) is 8. The van der Waals surface area contributed by atoms with Crippen molar-refractivity contribution in [2.75, 3.05) is 52.9 Å². The zero-order chi connectivity index (χ0) is 39.2. The third-order valence-electron chi connectivity index (χ3n) is 6.51.